The van der Waals surface area contributed by atoms with Gasteiger partial charge >= 0.3 is 0 Å². The molecule has 2 heterocycles. The second-order valence-electron chi connectivity index (χ2n) is 7.08. The van der Waals surface area contributed by atoms with Crippen LogP contribution in [-0.4, -0.2) is 49.2 Å². The molecule has 4 nitrogen and oxygen atoms in total. The predicted molar refractivity (Wildman–Crippen MR) is 112 cm³/mol. The first-order valence-electron chi connectivity index (χ1n) is 9.88. The van der Waals surface area contributed by atoms with Gasteiger partial charge in [-0.15, -0.1) is 0 Å². The molecule has 4 rings (SSSR count). The molecule has 4 heteroatoms. The van der Waals surface area contributed by atoms with E-state index in [1.165, 1.54) is 17.2 Å². The van der Waals surface area contributed by atoms with E-state index in [1.54, 1.807) is 0 Å². The average molecular weight is 361 g/mol. The number of benzene rings is 2. The van der Waals surface area contributed by atoms with Crippen LogP contribution in [0.2, 0.25) is 0 Å². The summed E-state index contributed by atoms with van der Waals surface area (Å²) in [4.78, 5) is 9.38. The summed E-state index contributed by atoms with van der Waals surface area (Å²) in [6, 6.07) is 20.9. The fraction of sp³-hybridized carbons (Fsp3) is 0.348. The first-order valence-corrected chi connectivity index (χ1v) is 9.88. The van der Waals surface area contributed by atoms with Crippen molar-refractivity contribution >= 4 is 16.6 Å². The van der Waals surface area contributed by atoms with Gasteiger partial charge in [0, 0.05) is 32.4 Å². The molecular formula is C23H27N3O. The van der Waals surface area contributed by atoms with Gasteiger partial charge in [0.15, 0.2) is 0 Å². The number of anilines is 1. The summed E-state index contributed by atoms with van der Waals surface area (Å²) >= 11 is 0. The second kappa shape index (κ2) is 8.87. The smallest absolute Gasteiger partial charge is 0.128 e. The van der Waals surface area contributed by atoms with Gasteiger partial charge in [-0.25, -0.2) is 4.98 Å². The molecule has 140 valence electrons. The highest BCUT2D eigenvalue weighted by molar-refractivity contribution is 5.83. The van der Waals surface area contributed by atoms with Crippen LogP contribution in [-0.2, 0) is 0 Å². The molecule has 1 aliphatic heterocycles. The average Bonchev–Trinajstić information content (AvgIpc) is 2.74. The van der Waals surface area contributed by atoms with Crippen molar-refractivity contribution in [3.8, 4) is 5.75 Å². The quantitative estimate of drug-likeness (QED) is 0.589. The van der Waals surface area contributed by atoms with Crippen molar-refractivity contribution in [2.24, 2.45) is 0 Å². The van der Waals surface area contributed by atoms with Gasteiger partial charge in [0.2, 0.25) is 0 Å². The monoisotopic (exact) mass is 361 g/mol. The summed E-state index contributed by atoms with van der Waals surface area (Å²) in [5, 5.41) is 2.50. The SMILES string of the molecule is c1ccc(N2CCN(CCCCOc3ccc4ccccc4c3)CC2)nc1. The molecule has 1 fully saturated rings. The van der Waals surface area contributed by atoms with Crippen molar-refractivity contribution in [2.45, 2.75) is 12.8 Å². The second-order valence-corrected chi connectivity index (χ2v) is 7.08. The standard InChI is InChI=1S/C23H27N3O/c1-2-8-21-19-22(11-10-20(21)7-1)27-18-6-5-13-25-14-16-26(17-15-25)23-9-3-4-12-24-23/h1-4,7-12,19H,5-6,13-18H2. The molecular weight excluding hydrogens is 334 g/mol. The van der Waals surface area contributed by atoms with Crippen molar-refractivity contribution in [1.29, 1.82) is 0 Å². The van der Waals surface area contributed by atoms with Crippen LogP contribution in [0.25, 0.3) is 10.8 Å². The lowest BCUT2D eigenvalue weighted by molar-refractivity contribution is 0.238. The van der Waals surface area contributed by atoms with Crippen LogP contribution in [0.3, 0.4) is 0 Å². The van der Waals surface area contributed by atoms with Crippen LogP contribution in [0.1, 0.15) is 12.8 Å². The zero-order valence-corrected chi connectivity index (χ0v) is 15.8. The van der Waals surface area contributed by atoms with Crippen LogP contribution in [0.5, 0.6) is 5.75 Å². The van der Waals surface area contributed by atoms with Gasteiger partial charge in [-0.2, -0.15) is 0 Å². The Kier molecular flexibility index (Phi) is 5.85. The van der Waals surface area contributed by atoms with Gasteiger partial charge in [-0.1, -0.05) is 36.4 Å². The molecule has 1 saturated heterocycles. The number of hydrogen-bond donors (Lipinski definition) is 0. The molecule has 0 atom stereocenters. The third-order valence-electron chi connectivity index (χ3n) is 5.20. The van der Waals surface area contributed by atoms with Crippen LogP contribution >= 0.6 is 0 Å². The molecule has 0 N–H and O–H groups in total. The summed E-state index contributed by atoms with van der Waals surface area (Å²) in [6.07, 6.45) is 4.14. The largest absolute Gasteiger partial charge is 0.494 e. The lowest BCUT2D eigenvalue weighted by Crippen LogP contribution is -2.46. The first-order chi connectivity index (χ1) is 13.4. The number of hydrogen-bond acceptors (Lipinski definition) is 4. The number of aromatic nitrogens is 1. The molecule has 0 radical (unpaired) electrons. The van der Waals surface area contributed by atoms with Crippen molar-refractivity contribution in [3.05, 3.63) is 66.9 Å². The number of unbranched alkanes of at least 4 members (excludes halogenated alkanes) is 1. The minimum atomic E-state index is 0.784. The fourth-order valence-corrected chi connectivity index (χ4v) is 3.63. The number of piperazine rings is 1. The Hall–Kier alpha value is -2.59. The summed E-state index contributed by atoms with van der Waals surface area (Å²) in [5.74, 6) is 2.07. The highest BCUT2D eigenvalue weighted by Gasteiger charge is 2.17. The lowest BCUT2D eigenvalue weighted by Gasteiger charge is -2.35. The molecule has 0 saturated carbocycles. The maximum atomic E-state index is 5.94. The maximum absolute atomic E-state index is 5.94. The van der Waals surface area contributed by atoms with Crippen molar-refractivity contribution in [1.82, 2.24) is 9.88 Å². The van der Waals surface area contributed by atoms with E-state index in [-0.39, 0.29) is 0 Å². The van der Waals surface area contributed by atoms with E-state index in [0.29, 0.717) is 0 Å². The van der Waals surface area contributed by atoms with E-state index < -0.39 is 0 Å². The summed E-state index contributed by atoms with van der Waals surface area (Å²) in [5.41, 5.74) is 0. The highest BCUT2D eigenvalue weighted by atomic mass is 16.5. The Morgan fingerprint density at radius 1 is 0.815 bits per heavy atom. The molecule has 0 amide bonds. The van der Waals surface area contributed by atoms with Gasteiger partial charge in [-0.3, -0.25) is 4.90 Å². The van der Waals surface area contributed by atoms with Crippen LogP contribution in [0, 0.1) is 0 Å². The Morgan fingerprint density at radius 3 is 2.44 bits per heavy atom. The number of ether oxygens (including phenoxy) is 1. The minimum absolute atomic E-state index is 0.784. The number of fused-ring (bicyclic) bond motifs is 1. The first kappa shape index (κ1) is 17.8. The molecule has 0 aliphatic carbocycles. The topological polar surface area (TPSA) is 28.6 Å². The van der Waals surface area contributed by atoms with Gasteiger partial charge in [0.25, 0.3) is 0 Å². The lowest BCUT2D eigenvalue weighted by atomic mass is 10.1. The van der Waals surface area contributed by atoms with E-state index in [4.69, 9.17) is 4.74 Å². The van der Waals surface area contributed by atoms with E-state index in [1.807, 2.05) is 12.3 Å². The zero-order chi connectivity index (χ0) is 18.3. The number of nitrogens with zero attached hydrogens (tertiary/aromatic N) is 3. The molecule has 0 spiro atoms. The van der Waals surface area contributed by atoms with E-state index in [0.717, 1.165) is 57.3 Å². The Morgan fingerprint density at radius 2 is 1.63 bits per heavy atom. The van der Waals surface area contributed by atoms with Gasteiger partial charge in [0.05, 0.1) is 6.61 Å². The van der Waals surface area contributed by atoms with Crippen LogP contribution in [0.15, 0.2) is 66.9 Å². The van der Waals surface area contributed by atoms with Crippen molar-refractivity contribution < 1.29 is 4.74 Å². The van der Waals surface area contributed by atoms with Crippen LogP contribution in [0.4, 0.5) is 5.82 Å². The molecule has 27 heavy (non-hydrogen) atoms. The highest BCUT2D eigenvalue weighted by Crippen LogP contribution is 2.20. The molecule has 3 aromatic rings. The van der Waals surface area contributed by atoms with Gasteiger partial charge < -0.3 is 9.64 Å². The Labute approximate surface area is 161 Å². The predicted octanol–water partition coefficient (Wildman–Crippen LogP) is 4.22. The minimum Gasteiger partial charge on any atom is -0.494 e. The van der Waals surface area contributed by atoms with E-state index in [9.17, 15) is 0 Å². The number of rotatable bonds is 7. The Balaban J connectivity index is 1.14. The van der Waals surface area contributed by atoms with Crippen LogP contribution < -0.4 is 9.64 Å². The molecule has 0 bridgehead atoms. The summed E-state index contributed by atoms with van der Waals surface area (Å²) < 4.78 is 5.94. The third kappa shape index (κ3) is 4.77. The van der Waals surface area contributed by atoms with Gasteiger partial charge in [0.1, 0.15) is 11.6 Å². The van der Waals surface area contributed by atoms with E-state index in [2.05, 4.69) is 69.4 Å². The summed E-state index contributed by atoms with van der Waals surface area (Å²) in [6.45, 7) is 6.28. The van der Waals surface area contributed by atoms with Crippen molar-refractivity contribution in [2.75, 3.05) is 44.2 Å². The normalized spacial score (nSPS) is 15.2. The molecule has 1 aliphatic rings. The van der Waals surface area contributed by atoms with E-state index >= 15 is 0 Å². The maximum Gasteiger partial charge on any atom is 0.128 e. The molecule has 1 aromatic heterocycles. The zero-order valence-electron chi connectivity index (χ0n) is 15.8. The summed E-state index contributed by atoms with van der Waals surface area (Å²) in [7, 11) is 0. The third-order valence-corrected chi connectivity index (χ3v) is 5.20. The van der Waals surface area contributed by atoms with Crippen molar-refractivity contribution in [3.63, 3.8) is 0 Å². The molecule has 0 unspecified atom stereocenters. The Bertz CT molecular complexity index is 844. The van der Waals surface area contributed by atoms with Gasteiger partial charge in [-0.05, 0) is 54.4 Å². The number of pyridine rings is 1. The fourth-order valence-electron chi connectivity index (χ4n) is 3.63. The molecule has 2 aromatic carbocycles.